The number of rotatable bonds is 4. The summed E-state index contributed by atoms with van der Waals surface area (Å²) >= 11 is 0. The number of hydrogen-bond donors (Lipinski definition) is 0. The number of carbonyl (C=O) groups is 1. The largest absolute Gasteiger partial charge is 0.335 e. The molecule has 4 nitrogen and oxygen atoms in total. The number of carbonyl (C=O) groups excluding carboxylic acids is 1. The Hall–Kier alpha value is -2.49. The SMILES string of the molecule is CCn1ccnc1CC(=O)c1cccc2cccnc12. The van der Waals surface area contributed by atoms with Crippen LogP contribution in [0.15, 0.2) is 48.9 Å². The number of benzene rings is 1. The number of imidazole rings is 1. The highest BCUT2D eigenvalue weighted by Gasteiger charge is 2.14. The molecule has 100 valence electrons. The normalized spacial score (nSPS) is 10.8. The van der Waals surface area contributed by atoms with Gasteiger partial charge in [-0.05, 0) is 19.1 Å². The summed E-state index contributed by atoms with van der Waals surface area (Å²) in [7, 11) is 0. The van der Waals surface area contributed by atoms with E-state index in [1.165, 1.54) is 0 Å². The van der Waals surface area contributed by atoms with Crippen molar-refractivity contribution < 1.29 is 4.79 Å². The standard InChI is InChI=1S/C16H15N3O/c1-2-19-10-9-17-15(19)11-14(20)13-7-3-5-12-6-4-8-18-16(12)13/h3-10H,2,11H2,1H3. The van der Waals surface area contributed by atoms with Crippen molar-refractivity contribution in [1.82, 2.24) is 14.5 Å². The summed E-state index contributed by atoms with van der Waals surface area (Å²) in [5.41, 5.74) is 1.42. The van der Waals surface area contributed by atoms with E-state index in [4.69, 9.17) is 0 Å². The number of hydrogen-bond acceptors (Lipinski definition) is 3. The van der Waals surface area contributed by atoms with E-state index in [9.17, 15) is 4.79 Å². The molecule has 2 aromatic heterocycles. The molecule has 2 heterocycles. The molecule has 0 aliphatic carbocycles. The third-order valence-corrected chi connectivity index (χ3v) is 3.39. The van der Waals surface area contributed by atoms with Gasteiger partial charge in [-0.3, -0.25) is 9.78 Å². The van der Waals surface area contributed by atoms with Crippen molar-refractivity contribution in [2.45, 2.75) is 19.9 Å². The number of aryl methyl sites for hydroxylation is 1. The third kappa shape index (κ3) is 2.20. The molecule has 3 aromatic rings. The first-order valence-electron chi connectivity index (χ1n) is 6.66. The fourth-order valence-corrected chi connectivity index (χ4v) is 2.36. The van der Waals surface area contributed by atoms with Gasteiger partial charge < -0.3 is 4.57 Å². The maximum absolute atomic E-state index is 12.5. The molecule has 0 bridgehead atoms. The van der Waals surface area contributed by atoms with Gasteiger partial charge in [0, 0.05) is 36.1 Å². The Morgan fingerprint density at radius 1 is 1.15 bits per heavy atom. The smallest absolute Gasteiger partial charge is 0.172 e. The summed E-state index contributed by atoms with van der Waals surface area (Å²) in [6, 6.07) is 9.53. The van der Waals surface area contributed by atoms with Gasteiger partial charge >= 0.3 is 0 Å². The molecular weight excluding hydrogens is 250 g/mol. The molecule has 0 radical (unpaired) electrons. The highest BCUT2D eigenvalue weighted by molar-refractivity contribution is 6.07. The number of Topliss-reactive ketones (excluding diaryl/α,β-unsaturated/α-hetero) is 1. The first-order chi connectivity index (χ1) is 9.79. The van der Waals surface area contributed by atoms with Crippen molar-refractivity contribution in [1.29, 1.82) is 0 Å². The Morgan fingerprint density at radius 3 is 2.85 bits per heavy atom. The molecule has 0 fully saturated rings. The van der Waals surface area contributed by atoms with Gasteiger partial charge in [-0.15, -0.1) is 0 Å². The number of ketones is 1. The van der Waals surface area contributed by atoms with E-state index in [0.29, 0.717) is 12.0 Å². The van der Waals surface area contributed by atoms with Crippen LogP contribution in [0.2, 0.25) is 0 Å². The molecule has 0 aliphatic heterocycles. The van der Waals surface area contributed by atoms with E-state index in [1.54, 1.807) is 12.4 Å². The first kappa shape index (κ1) is 12.5. The highest BCUT2D eigenvalue weighted by Crippen LogP contribution is 2.17. The van der Waals surface area contributed by atoms with Crippen LogP contribution in [0.3, 0.4) is 0 Å². The van der Waals surface area contributed by atoms with E-state index in [-0.39, 0.29) is 5.78 Å². The zero-order valence-corrected chi connectivity index (χ0v) is 11.3. The van der Waals surface area contributed by atoms with Crippen LogP contribution in [0.25, 0.3) is 10.9 Å². The predicted molar refractivity (Wildman–Crippen MR) is 77.7 cm³/mol. The monoisotopic (exact) mass is 265 g/mol. The number of para-hydroxylation sites is 1. The maximum atomic E-state index is 12.5. The van der Waals surface area contributed by atoms with Crippen LogP contribution in [0.1, 0.15) is 23.1 Å². The van der Waals surface area contributed by atoms with Crippen LogP contribution in [-0.4, -0.2) is 20.3 Å². The summed E-state index contributed by atoms with van der Waals surface area (Å²) in [5.74, 6) is 0.848. The fourth-order valence-electron chi connectivity index (χ4n) is 2.36. The van der Waals surface area contributed by atoms with Gasteiger partial charge in [-0.1, -0.05) is 18.2 Å². The van der Waals surface area contributed by atoms with Crippen LogP contribution in [0.5, 0.6) is 0 Å². The van der Waals surface area contributed by atoms with E-state index < -0.39 is 0 Å². The molecular formula is C16H15N3O. The fraction of sp³-hybridized carbons (Fsp3) is 0.188. The second-order valence-electron chi connectivity index (χ2n) is 4.61. The molecule has 4 heteroatoms. The lowest BCUT2D eigenvalue weighted by atomic mass is 10.0. The summed E-state index contributed by atoms with van der Waals surface area (Å²) < 4.78 is 1.98. The topological polar surface area (TPSA) is 47.8 Å². The average molecular weight is 265 g/mol. The Balaban J connectivity index is 1.97. The van der Waals surface area contributed by atoms with Crippen LogP contribution < -0.4 is 0 Å². The van der Waals surface area contributed by atoms with Gasteiger partial charge in [-0.2, -0.15) is 0 Å². The number of pyridine rings is 1. The van der Waals surface area contributed by atoms with Crippen LogP contribution in [0.4, 0.5) is 0 Å². The van der Waals surface area contributed by atoms with E-state index in [0.717, 1.165) is 23.3 Å². The van der Waals surface area contributed by atoms with Crippen molar-refractivity contribution in [3.63, 3.8) is 0 Å². The first-order valence-corrected chi connectivity index (χ1v) is 6.66. The van der Waals surface area contributed by atoms with Gasteiger partial charge in [0.2, 0.25) is 0 Å². The van der Waals surface area contributed by atoms with Gasteiger partial charge in [0.05, 0.1) is 11.9 Å². The lowest BCUT2D eigenvalue weighted by molar-refractivity contribution is 0.0991. The third-order valence-electron chi connectivity index (χ3n) is 3.39. The molecule has 0 saturated heterocycles. The molecule has 1 aromatic carbocycles. The van der Waals surface area contributed by atoms with E-state index in [1.807, 2.05) is 48.0 Å². The van der Waals surface area contributed by atoms with E-state index >= 15 is 0 Å². The maximum Gasteiger partial charge on any atom is 0.172 e. The Kier molecular flexibility index (Phi) is 3.29. The second kappa shape index (κ2) is 5.25. The molecule has 0 spiro atoms. The molecule has 0 unspecified atom stereocenters. The summed E-state index contributed by atoms with van der Waals surface area (Å²) in [5, 5.41) is 0.984. The quantitative estimate of drug-likeness (QED) is 0.681. The Bertz CT molecular complexity index is 756. The summed E-state index contributed by atoms with van der Waals surface area (Å²) in [6.45, 7) is 2.85. The van der Waals surface area contributed by atoms with Crippen molar-refractivity contribution in [2.75, 3.05) is 0 Å². The van der Waals surface area contributed by atoms with E-state index in [2.05, 4.69) is 9.97 Å². The van der Waals surface area contributed by atoms with Crippen LogP contribution >= 0.6 is 0 Å². The summed E-state index contributed by atoms with van der Waals surface area (Å²) in [4.78, 5) is 21.1. The van der Waals surface area contributed by atoms with Crippen LogP contribution in [-0.2, 0) is 13.0 Å². The average Bonchev–Trinajstić information content (AvgIpc) is 2.93. The molecule has 0 N–H and O–H groups in total. The second-order valence-corrected chi connectivity index (χ2v) is 4.61. The van der Waals surface area contributed by atoms with Crippen molar-refractivity contribution in [3.8, 4) is 0 Å². The van der Waals surface area contributed by atoms with Crippen molar-refractivity contribution in [2.24, 2.45) is 0 Å². The van der Waals surface area contributed by atoms with Crippen LogP contribution in [0, 0.1) is 0 Å². The van der Waals surface area contributed by atoms with Gasteiger partial charge in [0.15, 0.2) is 5.78 Å². The van der Waals surface area contributed by atoms with Gasteiger partial charge in [-0.25, -0.2) is 4.98 Å². The number of aromatic nitrogens is 3. The zero-order chi connectivity index (χ0) is 13.9. The minimum absolute atomic E-state index is 0.0511. The van der Waals surface area contributed by atoms with Crippen molar-refractivity contribution in [3.05, 3.63) is 60.3 Å². The molecule has 0 amide bonds. The highest BCUT2D eigenvalue weighted by atomic mass is 16.1. The Morgan fingerprint density at radius 2 is 2.00 bits per heavy atom. The molecule has 3 rings (SSSR count). The number of fused-ring (bicyclic) bond motifs is 1. The molecule has 20 heavy (non-hydrogen) atoms. The lowest BCUT2D eigenvalue weighted by Gasteiger charge is -2.06. The number of nitrogens with zero attached hydrogens (tertiary/aromatic N) is 3. The zero-order valence-electron chi connectivity index (χ0n) is 11.3. The lowest BCUT2D eigenvalue weighted by Crippen LogP contribution is -2.10. The van der Waals surface area contributed by atoms with Crippen molar-refractivity contribution >= 4 is 16.7 Å². The Labute approximate surface area is 117 Å². The predicted octanol–water partition coefficient (Wildman–Crippen LogP) is 2.88. The minimum Gasteiger partial charge on any atom is -0.335 e. The minimum atomic E-state index is 0.0511. The molecule has 0 aliphatic rings. The van der Waals surface area contributed by atoms with Gasteiger partial charge in [0.1, 0.15) is 5.82 Å². The van der Waals surface area contributed by atoms with Gasteiger partial charge in [0.25, 0.3) is 0 Å². The molecule has 0 saturated carbocycles. The molecule has 0 atom stereocenters. The summed E-state index contributed by atoms with van der Waals surface area (Å²) in [6.07, 6.45) is 5.64.